The maximum Gasteiger partial charge on any atom is 0.253 e. The fraction of sp³-hybridized carbons (Fsp3) is 0.350. The quantitative estimate of drug-likeness (QED) is 0.0812. The van der Waals surface area contributed by atoms with Crippen molar-refractivity contribution in [2.45, 2.75) is 27.7 Å². The maximum absolute atomic E-state index is 13.7. The second-order valence-corrected chi connectivity index (χ2v) is 16.1. The summed E-state index contributed by atoms with van der Waals surface area (Å²) < 4.78 is 16.9. The fourth-order valence-corrected chi connectivity index (χ4v) is 7.43. The van der Waals surface area contributed by atoms with E-state index in [1.54, 1.807) is 6.07 Å². The number of likely N-dealkylation sites (N-methyl/N-ethyl adjacent to an activating group) is 1. The van der Waals surface area contributed by atoms with Gasteiger partial charge in [-0.05, 0) is 156 Å². The normalized spacial score (nSPS) is 12.8. The summed E-state index contributed by atoms with van der Waals surface area (Å²) in [5.41, 5.74) is 6.47. The van der Waals surface area contributed by atoms with Gasteiger partial charge < -0.3 is 31.5 Å². The van der Waals surface area contributed by atoms with Gasteiger partial charge in [0.15, 0.2) is 0 Å². The van der Waals surface area contributed by atoms with E-state index in [0.29, 0.717) is 29.9 Å². The number of hydrogen-bond donors (Lipinski definition) is 5. The highest BCUT2D eigenvalue weighted by molar-refractivity contribution is 14.1. The monoisotopic (exact) mass is 1010 g/mol. The lowest BCUT2D eigenvalue weighted by molar-refractivity contribution is 0.0940. The predicted molar refractivity (Wildman–Crippen MR) is 237 cm³/mol. The van der Waals surface area contributed by atoms with Crippen molar-refractivity contribution in [3.8, 4) is 0 Å². The summed E-state index contributed by atoms with van der Waals surface area (Å²) in [7, 11) is 0. The van der Waals surface area contributed by atoms with Crippen LogP contribution in [0.1, 0.15) is 45.7 Å². The van der Waals surface area contributed by atoms with E-state index in [1.807, 2.05) is 43.3 Å². The first kappa shape index (κ1) is 42.9. The molecule has 0 unspecified atom stereocenters. The lowest BCUT2D eigenvalue weighted by Gasteiger charge is -2.27. The van der Waals surface area contributed by atoms with Gasteiger partial charge in [0.1, 0.15) is 5.82 Å². The number of carbonyl (C=O) groups excluding carboxylic acids is 2. The molecule has 4 aromatic rings. The molecule has 0 bridgehead atoms. The summed E-state index contributed by atoms with van der Waals surface area (Å²) in [6.45, 7) is 17.0. The molecule has 1 aliphatic heterocycles. The molecular formula is C40H49BrFI2N7O2. The molecule has 0 atom stereocenters. The Balaban J connectivity index is 0.000000237. The highest BCUT2D eigenvalue weighted by Crippen LogP contribution is 2.28. The molecule has 5 N–H and O–H groups in total. The van der Waals surface area contributed by atoms with E-state index >= 15 is 0 Å². The summed E-state index contributed by atoms with van der Waals surface area (Å²) in [4.78, 5) is 29.9. The molecule has 2 amide bonds. The topological polar surface area (TPSA) is 101 Å². The van der Waals surface area contributed by atoms with Gasteiger partial charge >= 0.3 is 0 Å². The zero-order chi connectivity index (χ0) is 38.3. The van der Waals surface area contributed by atoms with Crippen molar-refractivity contribution in [3.63, 3.8) is 0 Å². The van der Waals surface area contributed by atoms with E-state index in [9.17, 15) is 14.0 Å². The van der Waals surface area contributed by atoms with Gasteiger partial charge in [-0.15, -0.1) is 0 Å². The van der Waals surface area contributed by atoms with E-state index in [4.69, 9.17) is 0 Å². The van der Waals surface area contributed by atoms with Crippen LogP contribution in [0.15, 0.2) is 77.3 Å². The highest BCUT2D eigenvalue weighted by atomic mass is 127. The average Bonchev–Trinajstić information content (AvgIpc) is 3.14. The van der Waals surface area contributed by atoms with Crippen molar-refractivity contribution in [3.05, 3.63) is 112 Å². The second-order valence-electron chi connectivity index (χ2n) is 12.7. The molecule has 0 saturated carbocycles. The predicted octanol–water partition coefficient (Wildman–Crippen LogP) is 8.29. The summed E-state index contributed by atoms with van der Waals surface area (Å²) in [5, 5.41) is 16.0. The number of carbonyl (C=O) groups is 2. The Labute approximate surface area is 349 Å². The summed E-state index contributed by atoms with van der Waals surface area (Å²) in [5.74, 6) is -0.761. The number of rotatable bonds is 14. The Morgan fingerprint density at radius 3 is 1.81 bits per heavy atom. The van der Waals surface area contributed by atoms with Crippen molar-refractivity contribution in [2.75, 3.05) is 76.1 Å². The number of amides is 2. The third-order valence-corrected chi connectivity index (χ3v) is 10.7. The Morgan fingerprint density at radius 1 is 0.755 bits per heavy atom. The molecular weight excluding hydrogens is 963 g/mol. The maximum atomic E-state index is 13.7. The lowest BCUT2D eigenvalue weighted by atomic mass is 10.1. The number of halogens is 4. The fourth-order valence-electron chi connectivity index (χ4n) is 5.77. The Hall–Kier alpha value is -2.83. The molecule has 9 nitrogen and oxygen atoms in total. The van der Waals surface area contributed by atoms with Gasteiger partial charge in [0, 0.05) is 75.3 Å². The molecule has 0 aliphatic carbocycles. The van der Waals surface area contributed by atoms with E-state index in [-0.39, 0.29) is 11.8 Å². The SMILES string of the molecule is CCN(CC)CCNC(=O)c1cc(F)ccc1Nc1ccc(I)cc1C.Cc1cc(I)ccc1Nc1ccc(Br)cc1C(=O)NCCN1CCNCC1. The lowest BCUT2D eigenvalue weighted by Crippen LogP contribution is -2.46. The molecule has 1 fully saturated rings. The minimum atomic E-state index is -0.427. The van der Waals surface area contributed by atoms with E-state index < -0.39 is 5.82 Å². The minimum absolute atomic E-state index is 0.0582. The Morgan fingerprint density at radius 2 is 1.26 bits per heavy atom. The van der Waals surface area contributed by atoms with Crippen LogP contribution in [0, 0.1) is 26.8 Å². The van der Waals surface area contributed by atoms with Crippen molar-refractivity contribution in [1.29, 1.82) is 0 Å². The third kappa shape index (κ3) is 13.8. The van der Waals surface area contributed by atoms with Crippen LogP contribution in [0.5, 0.6) is 0 Å². The number of piperazine rings is 1. The molecule has 0 spiro atoms. The van der Waals surface area contributed by atoms with Crippen molar-refractivity contribution in [2.24, 2.45) is 0 Å². The van der Waals surface area contributed by atoms with Gasteiger partial charge in [0.25, 0.3) is 11.8 Å². The van der Waals surface area contributed by atoms with Gasteiger partial charge in [-0.3, -0.25) is 14.5 Å². The number of aryl methyl sites for hydroxylation is 2. The molecule has 0 radical (unpaired) electrons. The molecule has 284 valence electrons. The minimum Gasteiger partial charge on any atom is -0.355 e. The number of hydrogen-bond acceptors (Lipinski definition) is 7. The second kappa shape index (κ2) is 21.9. The Bertz CT molecular complexity index is 1840. The van der Waals surface area contributed by atoms with Crippen molar-refractivity contribution in [1.82, 2.24) is 25.8 Å². The first-order chi connectivity index (χ1) is 25.5. The summed E-state index contributed by atoms with van der Waals surface area (Å²) >= 11 is 8.04. The van der Waals surface area contributed by atoms with Gasteiger partial charge in [-0.25, -0.2) is 4.39 Å². The van der Waals surface area contributed by atoms with Crippen LogP contribution >= 0.6 is 61.1 Å². The number of anilines is 4. The van der Waals surface area contributed by atoms with Gasteiger partial charge in [-0.2, -0.15) is 0 Å². The van der Waals surface area contributed by atoms with E-state index in [2.05, 4.69) is 136 Å². The molecule has 4 aromatic carbocycles. The van der Waals surface area contributed by atoms with Crippen molar-refractivity contribution >= 4 is 95.7 Å². The number of nitrogens with one attached hydrogen (secondary N) is 5. The Kier molecular flexibility index (Phi) is 17.7. The molecule has 0 aromatic heterocycles. The molecule has 1 aliphatic rings. The van der Waals surface area contributed by atoms with Crippen LogP contribution < -0.4 is 26.6 Å². The molecule has 13 heteroatoms. The number of nitrogens with zero attached hydrogens (tertiary/aromatic N) is 2. The van der Waals surface area contributed by atoms with Crippen LogP contribution in [0.2, 0.25) is 0 Å². The first-order valence-electron chi connectivity index (χ1n) is 17.8. The van der Waals surface area contributed by atoms with Crippen LogP contribution in [0.25, 0.3) is 0 Å². The van der Waals surface area contributed by atoms with E-state index in [0.717, 1.165) is 88.6 Å². The van der Waals surface area contributed by atoms with Gasteiger partial charge in [-0.1, -0.05) is 29.8 Å². The van der Waals surface area contributed by atoms with Gasteiger partial charge in [0.2, 0.25) is 0 Å². The third-order valence-electron chi connectivity index (χ3n) is 8.90. The van der Waals surface area contributed by atoms with E-state index in [1.165, 1.54) is 15.7 Å². The van der Waals surface area contributed by atoms with Crippen LogP contribution in [-0.4, -0.2) is 87.1 Å². The van der Waals surface area contributed by atoms with Crippen LogP contribution in [0.3, 0.4) is 0 Å². The zero-order valence-corrected chi connectivity index (χ0v) is 36.6. The summed E-state index contributed by atoms with van der Waals surface area (Å²) in [6.07, 6.45) is 0. The molecule has 1 saturated heterocycles. The molecule has 5 rings (SSSR count). The van der Waals surface area contributed by atoms with Gasteiger partial charge in [0.05, 0.1) is 22.5 Å². The first-order valence-corrected chi connectivity index (χ1v) is 20.8. The standard InChI is InChI=1S/C20H24BrIN4O.C20H25FIN3O/c1-14-12-16(22)3-5-18(14)25-19-4-2-15(21)13-17(19)20(27)24-8-11-26-9-6-23-7-10-26;1-4-25(5-2)11-10-23-20(26)17-13-15(21)6-8-19(17)24-18-9-7-16(22)12-14(18)3/h2-5,12-13,23,25H,6-11H2,1H3,(H,24,27);6-9,12-13,24H,4-5,10-11H2,1-3H3,(H,23,26). The highest BCUT2D eigenvalue weighted by Gasteiger charge is 2.16. The number of benzene rings is 4. The average molecular weight is 1010 g/mol. The zero-order valence-electron chi connectivity index (χ0n) is 30.7. The van der Waals surface area contributed by atoms with Crippen LogP contribution in [0.4, 0.5) is 27.1 Å². The smallest absolute Gasteiger partial charge is 0.253 e. The van der Waals surface area contributed by atoms with Crippen LogP contribution in [-0.2, 0) is 0 Å². The molecule has 1 heterocycles. The molecule has 53 heavy (non-hydrogen) atoms. The summed E-state index contributed by atoms with van der Waals surface area (Å²) in [6, 6.07) is 22.2. The largest absolute Gasteiger partial charge is 0.355 e. The van der Waals surface area contributed by atoms with Crippen molar-refractivity contribution < 1.29 is 14.0 Å².